The first-order valence-corrected chi connectivity index (χ1v) is 8.81. The molecule has 12 heteroatoms. The van der Waals surface area contributed by atoms with Crippen molar-refractivity contribution in [1.82, 2.24) is 33.4 Å². The van der Waals surface area contributed by atoms with Crippen molar-refractivity contribution in [2.45, 2.75) is 6.54 Å². The summed E-state index contributed by atoms with van der Waals surface area (Å²) in [5.74, 6) is 0.379. The minimum absolute atomic E-state index is 0.0321. The minimum Gasteiger partial charge on any atom is -0.368 e. The van der Waals surface area contributed by atoms with E-state index in [-0.39, 0.29) is 29.6 Å². The number of aryl methyl sites for hydroxylation is 2. The Balaban J connectivity index is 1.95. The van der Waals surface area contributed by atoms with Gasteiger partial charge in [-0.15, -0.1) is 0 Å². The van der Waals surface area contributed by atoms with E-state index < -0.39 is 11.2 Å². The highest BCUT2D eigenvalue weighted by Crippen LogP contribution is 2.23. The molecule has 0 saturated carbocycles. The van der Waals surface area contributed by atoms with Gasteiger partial charge in [0.15, 0.2) is 11.2 Å². The third-order valence-corrected chi connectivity index (χ3v) is 5.16. The van der Waals surface area contributed by atoms with Crippen molar-refractivity contribution in [1.29, 1.82) is 0 Å². The summed E-state index contributed by atoms with van der Waals surface area (Å²) in [4.78, 5) is 34.1. The molecule has 0 aliphatic rings. The number of fused-ring (bicyclic) bond motifs is 1. The van der Waals surface area contributed by atoms with Crippen LogP contribution in [0.25, 0.3) is 17.1 Å². The number of hydrogen-bond acceptors (Lipinski definition) is 6. The van der Waals surface area contributed by atoms with Crippen molar-refractivity contribution in [3.05, 3.63) is 61.0 Å². The van der Waals surface area contributed by atoms with Crippen molar-refractivity contribution in [3.8, 4) is 5.95 Å². The zero-order valence-electron chi connectivity index (χ0n) is 14.8. The number of hydrogen-bond donors (Lipinski definition) is 1. The molecule has 0 bridgehead atoms. The lowest BCUT2D eigenvalue weighted by atomic mass is 10.2. The van der Waals surface area contributed by atoms with E-state index in [1.54, 1.807) is 25.2 Å². The molecule has 0 radical (unpaired) electrons. The van der Waals surface area contributed by atoms with Crippen molar-refractivity contribution < 1.29 is 0 Å². The Morgan fingerprint density at radius 2 is 1.86 bits per heavy atom. The topological polar surface area (TPSA) is 119 Å². The molecular formula is C16H14Cl2N8O2. The van der Waals surface area contributed by atoms with Crippen molar-refractivity contribution >= 4 is 40.3 Å². The van der Waals surface area contributed by atoms with E-state index in [0.717, 1.165) is 4.57 Å². The Kier molecular flexibility index (Phi) is 4.24. The van der Waals surface area contributed by atoms with E-state index in [1.807, 2.05) is 0 Å². The van der Waals surface area contributed by atoms with E-state index in [0.29, 0.717) is 15.6 Å². The first-order valence-electron chi connectivity index (χ1n) is 8.05. The average Bonchev–Trinajstić information content (AvgIpc) is 3.23. The minimum atomic E-state index is -0.514. The Morgan fingerprint density at radius 3 is 2.50 bits per heavy atom. The van der Waals surface area contributed by atoms with E-state index in [2.05, 4.69) is 15.1 Å². The highest BCUT2D eigenvalue weighted by Gasteiger charge is 2.21. The molecule has 144 valence electrons. The van der Waals surface area contributed by atoms with Gasteiger partial charge >= 0.3 is 5.69 Å². The van der Waals surface area contributed by atoms with Crippen LogP contribution >= 0.6 is 23.2 Å². The second-order valence-electron chi connectivity index (χ2n) is 6.15. The SMILES string of the molecule is Cn1c(-n2ncnc2N)nc2c1c(=O)n(Cc1ccc(Cl)c(Cl)c1)c(=O)n2C. The predicted molar refractivity (Wildman–Crippen MR) is 105 cm³/mol. The molecule has 3 aromatic heterocycles. The van der Waals surface area contributed by atoms with Crippen LogP contribution in [0.3, 0.4) is 0 Å². The Bertz CT molecular complexity index is 1350. The van der Waals surface area contributed by atoms with Gasteiger partial charge in [-0.05, 0) is 17.7 Å². The zero-order valence-corrected chi connectivity index (χ0v) is 16.3. The van der Waals surface area contributed by atoms with Gasteiger partial charge in [0.05, 0.1) is 16.6 Å². The maximum Gasteiger partial charge on any atom is 0.332 e. The number of nitrogen functional groups attached to an aromatic ring is 1. The zero-order chi connectivity index (χ0) is 20.2. The monoisotopic (exact) mass is 420 g/mol. The normalized spacial score (nSPS) is 11.4. The summed E-state index contributed by atoms with van der Waals surface area (Å²) in [6.07, 6.45) is 1.27. The molecule has 28 heavy (non-hydrogen) atoms. The number of rotatable bonds is 3. The van der Waals surface area contributed by atoms with Crippen molar-refractivity contribution in [3.63, 3.8) is 0 Å². The largest absolute Gasteiger partial charge is 0.368 e. The number of anilines is 1. The summed E-state index contributed by atoms with van der Waals surface area (Å²) in [5.41, 5.74) is 5.89. The highest BCUT2D eigenvalue weighted by molar-refractivity contribution is 6.42. The fraction of sp³-hybridized carbons (Fsp3) is 0.188. The number of aromatic nitrogens is 7. The van der Waals surface area contributed by atoms with E-state index in [1.165, 1.54) is 27.2 Å². The van der Waals surface area contributed by atoms with Gasteiger partial charge < -0.3 is 10.3 Å². The van der Waals surface area contributed by atoms with Crippen LogP contribution in [0.1, 0.15) is 5.56 Å². The Labute approximate surface area is 167 Å². The molecule has 0 fully saturated rings. The summed E-state index contributed by atoms with van der Waals surface area (Å²) in [6.45, 7) is 0.0321. The summed E-state index contributed by atoms with van der Waals surface area (Å²) in [7, 11) is 3.18. The van der Waals surface area contributed by atoms with Gasteiger partial charge in [0, 0.05) is 14.1 Å². The number of nitrogens with zero attached hydrogens (tertiary/aromatic N) is 7. The van der Waals surface area contributed by atoms with Gasteiger partial charge in [-0.1, -0.05) is 29.3 Å². The van der Waals surface area contributed by atoms with Gasteiger partial charge in [-0.25, -0.2) is 4.79 Å². The lowest BCUT2D eigenvalue weighted by Crippen LogP contribution is -2.39. The smallest absolute Gasteiger partial charge is 0.332 e. The third-order valence-electron chi connectivity index (χ3n) is 4.42. The average molecular weight is 421 g/mol. The molecule has 0 spiro atoms. The first-order chi connectivity index (χ1) is 13.3. The van der Waals surface area contributed by atoms with E-state index >= 15 is 0 Å². The summed E-state index contributed by atoms with van der Waals surface area (Å²) in [6, 6.07) is 4.93. The van der Waals surface area contributed by atoms with Crippen LogP contribution in [0.2, 0.25) is 10.0 Å². The third kappa shape index (κ3) is 2.69. The fourth-order valence-electron chi connectivity index (χ4n) is 2.99. The molecule has 0 unspecified atom stereocenters. The first kappa shape index (κ1) is 18.3. The molecule has 4 rings (SSSR count). The molecule has 1 aromatic carbocycles. The number of imidazole rings is 1. The summed E-state index contributed by atoms with van der Waals surface area (Å²) in [5, 5.41) is 4.74. The van der Waals surface area contributed by atoms with Crippen LogP contribution in [-0.4, -0.2) is 33.4 Å². The second kappa shape index (κ2) is 6.50. The van der Waals surface area contributed by atoms with Crippen LogP contribution < -0.4 is 17.0 Å². The molecule has 0 aliphatic heterocycles. The van der Waals surface area contributed by atoms with Gasteiger partial charge in [-0.2, -0.15) is 19.7 Å². The molecular weight excluding hydrogens is 407 g/mol. The quantitative estimate of drug-likeness (QED) is 0.526. The van der Waals surface area contributed by atoms with Crippen LogP contribution in [0.5, 0.6) is 0 Å². The van der Waals surface area contributed by atoms with Crippen molar-refractivity contribution in [2.75, 3.05) is 5.73 Å². The summed E-state index contributed by atoms with van der Waals surface area (Å²) >= 11 is 12.0. The molecule has 0 saturated heterocycles. The Morgan fingerprint density at radius 1 is 1.11 bits per heavy atom. The van der Waals surface area contributed by atoms with Gasteiger partial charge in [0.1, 0.15) is 6.33 Å². The van der Waals surface area contributed by atoms with Gasteiger partial charge in [0.25, 0.3) is 5.56 Å². The predicted octanol–water partition coefficient (Wildman–Crippen LogP) is 0.952. The standard InChI is InChI=1S/C16H14Cl2N8O2/c1-23-11-12(22-15(23)26-14(19)20-7-21-26)24(2)16(28)25(13(11)27)6-8-3-4-9(17)10(18)5-8/h3-5,7H,6H2,1-2H3,(H2,19,20,21). The van der Waals surface area contributed by atoms with Crippen LogP contribution in [0.15, 0.2) is 34.1 Å². The maximum atomic E-state index is 13.1. The summed E-state index contributed by atoms with van der Waals surface area (Å²) < 4.78 is 5.21. The lowest BCUT2D eigenvalue weighted by molar-refractivity contribution is 0.655. The maximum absolute atomic E-state index is 13.1. The molecule has 0 amide bonds. The fourth-order valence-corrected chi connectivity index (χ4v) is 3.31. The van der Waals surface area contributed by atoms with E-state index in [4.69, 9.17) is 28.9 Å². The number of benzene rings is 1. The molecule has 4 aromatic rings. The molecule has 0 aliphatic carbocycles. The number of halogens is 2. The molecule has 3 heterocycles. The van der Waals surface area contributed by atoms with Crippen LogP contribution in [0, 0.1) is 0 Å². The second-order valence-corrected chi connectivity index (χ2v) is 6.97. The van der Waals surface area contributed by atoms with Crippen LogP contribution in [-0.2, 0) is 20.6 Å². The van der Waals surface area contributed by atoms with Gasteiger partial charge in [-0.3, -0.25) is 13.9 Å². The van der Waals surface area contributed by atoms with E-state index in [9.17, 15) is 9.59 Å². The number of nitrogens with two attached hydrogens (primary N) is 1. The van der Waals surface area contributed by atoms with Gasteiger partial charge in [0.2, 0.25) is 11.9 Å². The van der Waals surface area contributed by atoms with Crippen molar-refractivity contribution in [2.24, 2.45) is 14.1 Å². The van der Waals surface area contributed by atoms with Crippen LogP contribution in [0.4, 0.5) is 5.95 Å². The Hall–Kier alpha value is -3.11. The lowest BCUT2D eigenvalue weighted by Gasteiger charge is -2.09. The molecule has 10 nitrogen and oxygen atoms in total. The molecule has 2 N–H and O–H groups in total. The molecule has 0 atom stereocenters. The highest BCUT2D eigenvalue weighted by atomic mass is 35.5.